The van der Waals surface area contributed by atoms with Gasteiger partial charge in [-0.3, -0.25) is 0 Å². The maximum absolute atomic E-state index is 13.5. The van der Waals surface area contributed by atoms with E-state index >= 15 is 0 Å². The van der Waals surface area contributed by atoms with E-state index in [0.717, 1.165) is 29.2 Å². The van der Waals surface area contributed by atoms with Gasteiger partial charge in [-0.05, 0) is 60.8 Å². The Morgan fingerprint density at radius 3 is 1.97 bits per heavy atom. The minimum atomic E-state index is -1.49. The minimum Gasteiger partial charge on any atom is -0.236 e. The Morgan fingerprint density at radius 1 is 0.800 bits per heavy atom. The molecule has 0 spiro atoms. The number of halogens is 3. The van der Waals surface area contributed by atoms with Gasteiger partial charge in [0.2, 0.25) is 0 Å². The van der Waals surface area contributed by atoms with Crippen molar-refractivity contribution in [3.8, 4) is 22.5 Å². The molecule has 156 valence electrons. The Balaban J connectivity index is 1.46. The molecule has 1 saturated carbocycles. The van der Waals surface area contributed by atoms with Crippen LogP contribution in [-0.4, -0.2) is 9.97 Å². The number of hydrogen-bond donors (Lipinski definition) is 0. The molecule has 0 saturated heterocycles. The van der Waals surface area contributed by atoms with Crippen LogP contribution in [0.25, 0.3) is 22.5 Å². The first kappa shape index (κ1) is 20.6. The molecular weight excluding hydrogens is 385 g/mol. The fraction of sp³-hybridized carbons (Fsp3) is 0.360. The molecule has 2 aromatic carbocycles. The molecule has 0 atom stereocenters. The van der Waals surface area contributed by atoms with E-state index in [2.05, 4.69) is 41.2 Å². The summed E-state index contributed by atoms with van der Waals surface area (Å²) in [6.45, 7) is 2.26. The second kappa shape index (κ2) is 8.99. The maximum Gasteiger partial charge on any atom is 0.194 e. The monoisotopic (exact) mass is 410 g/mol. The lowest BCUT2D eigenvalue weighted by molar-refractivity contribution is 0.308. The lowest BCUT2D eigenvalue weighted by atomic mass is 9.77. The fourth-order valence-corrected chi connectivity index (χ4v) is 4.45. The van der Waals surface area contributed by atoms with Gasteiger partial charge in [0, 0.05) is 23.5 Å². The second-order valence-corrected chi connectivity index (χ2v) is 8.18. The first-order valence-electron chi connectivity index (χ1n) is 10.6. The molecule has 1 aromatic heterocycles. The van der Waals surface area contributed by atoms with Crippen LogP contribution in [0, 0.1) is 23.4 Å². The number of rotatable bonds is 5. The van der Waals surface area contributed by atoms with Gasteiger partial charge < -0.3 is 0 Å². The van der Waals surface area contributed by atoms with Crippen LogP contribution in [0.4, 0.5) is 13.2 Å². The normalized spacial score (nSPS) is 19.1. The van der Waals surface area contributed by atoms with E-state index in [1.165, 1.54) is 44.1 Å². The molecule has 3 aromatic rings. The van der Waals surface area contributed by atoms with E-state index in [4.69, 9.17) is 0 Å². The minimum absolute atomic E-state index is 0.104. The number of benzene rings is 2. The summed E-state index contributed by atoms with van der Waals surface area (Å²) in [5.41, 5.74) is 3.29. The van der Waals surface area contributed by atoms with Crippen LogP contribution in [0.3, 0.4) is 0 Å². The molecule has 0 N–H and O–H groups in total. The molecule has 1 fully saturated rings. The average molecular weight is 410 g/mol. The van der Waals surface area contributed by atoms with Crippen LogP contribution in [0.2, 0.25) is 0 Å². The highest BCUT2D eigenvalue weighted by molar-refractivity contribution is 5.64. The summed E-state index contributed by atoms with van der Waals surface area (Å²) >= 11 is 0. The summed E-state index contributed by atoms with van der Waals surface area (Å²) in [5, 5.41) is 0. The number of aromatic nitrogens is 2. The van der Waals surface area contributed by atoms with E-state index in [9.17, 15) is 13.2 Å². The van der Waals surface area contributed by atoms with Gasteiger partial charge in [0.1, 0.15) is 0 Å². The van der Waals surface area contributed by atoms with Gasteiger partial charge in [0.05, 0.1) is 0 Å². The van der Waals surface area contributed by atoms with Gasteiger partial charge in [-0.1, -0.05) is 44.0 Å². The molecule has 1 aliphatic carbocycles. The fourth-order valence-electron chi connectivity index (χ4n) is 4.45. The molecule has 1 aliphatic rings. The summed E-state index contributed by atoms with van der Waals surface area (Å²) in [5.74, 6) is -2.32. The Bertz CT molecular complexity index is 969. The molecule has 4 rings (SSSR count). The lowest BCUT2D eigenvalue weighted by Gasteiger charge is -2.28. The number of hydrogen-bond acceptors (Lipinski definition) is 2. The van der Waals surface area contributed by atoms with Crippen molar-refractivity contribution in [3.05, 3.63) is 71.8 Å². The zero-order chi connectivity index (χ0) is 21.1. The Hall–Kier alpha value is -2.69. The van der Waals surface area contributed by atoms with E-state index in [0.29, 0.717) is 5.92 Å². The van der Waals surface area contributed by atoms with Crippen molar-refractivity contribution in [1.82, 2.24) is 9.97 Å². The first-order chi connectivity index (χ1) is 14.5. The van der Waals surface area contributed by atoms with Crippen LogP contribution in [0.5, 0.6) is 0 Å². The Labute approximate surface area is 175 Å². The molecule has 0 bridgehead atoms. The van der Waals surface area contributed by atoms with E-state index in [-0.39, 0.29) is 11.4 Å². The van der Waals surface area contributed by atoms with Crippen LogP contribution in [-0.2, 0) is 0 Å². The summed E-state index contributed by atoms with van der Waals surface area (Å²) in [6.07, 6.45) is 11.0. The number of nitrogens with zero attached hydrogens (tertiary/aromatic N) is 2. The van der Waals surface area contributed by atoms with Gasteiger partial charge in [0.25, 0.3) is 0 Å². The highest BCUT2D eigenvalue weighted by Crippen LogP contribution is 2.38. The smallest absolute Gasteiger partial charge is 0.194 e. The largest absolute Gasteiger partial charge is 0.236 e. The quantitative estimate of drug-likeness (QED) is 0.412. The average Bonchev–Trinajstić information content (AvgIpc) is 2.78. The summed E-state index contributed by atoms with van der Waals surface area (Å²) in [6, 6.07) is 10.3. The van der Waals surface area contributed by atoms with Gasteiger partial charge in [0.15, 0.2) is 23.3 Å². The molecule has 0 amide bonds. The van der Waals surface area contributed by atoms with E-state index in [1.807, 2.05) is 0 Å². The van der Waals surface area contributed by atoms with Gasteiger partial charge in [-0.2, -0.15) is 0 Å². The lowest BCUT2D eigenvalue weighted by Crippen LogP contribution is -2.13. The molecule has 0 aliphatic heterocycles. The standard InChI is InChI=1S/C25H25F3N2/c1-2-3-16-4-6-17(7-5-16)18-8-10-19(11-9-18)21-14-29-25(30-15-21)20-12-22(26)24(28)23(27)13-20/h8-17H,2-7H2,1H3. The van der Waals surface area contributed by atoms with Crippen LogP contribution in [0.1, 0.15) is 56.9 Å². The van der Waals surface area contributed by atoms with Gasteiger partial charge in [-0.15, -0.1) is 0 Å². The van der Waals surface area contributed by atoms with Crippen molar-refractivity contribution >= 4 is 0 Å². The van der Waals surface area contributed by atoms with Crippen molar-refractivity contribution in [1.29, 1.82) is 0 Å². The van der Waals surface area contributed by atoms with Crippen molar-refractivity contribution in [2.45, 2.75) is 51.4 Å². The zero-order valence-corrected chi connectivity index (χ0v) is 17.0. The summed E-state index contributed by atoms with van der Waals surface area (Å²) in [4.78, 5) is 8.42. The van der Waals surface area contributed by atoms with E-state index in [1.54, 1.807) is 12.4 Å². The predicted molar refractivity (Wildman–Crippen MR) is 112 cm³/mol. The molecule has 0 unspecified atom stereocenters. The molecule has 1 heterocycles. The molecule has 0 radical (unpaired) electrons. The van der Waals surface area contributed by atoms with E-state index < -0.39 is 17.5 Å². The van der Waals surface area contributed by atoms with Crippen LogP contribution >= 0.6 is 0 Å². The second-order valence-electron chi connectivity index (χ2n) is 8.18. The molecule has 30 heavy (non-hydrogen) atoms. The Morgan fingerprint density at radius 2 is 1.40 bits per heavy atom. The maximum atomic E-state index is 13.5. The third kappa shape index (κ3) is 4.40. The highest BCUT2D eigenvalue weighted by atomic mass is 19.2. The molecule has 5 heteroatoms. The summed E-state index contributed by atoms with van der Waals surface area (Å²) < 4.78 is 40.0. The third-order valence-electron chi connectivity index (χ3n) is 6.15. The predicted octanol–water partition coefficient (Wildman–Crippen LogP) is 7.30. The van der Waals surface area contributed by atoms with Gasteiger partial charge >= 0.3 is 0 Å². The van der Waals surface area contributed by atoms with Crippen LogP contribution < -0.4 is 0 Å². The van der Waals surface area contributed by atoms with Crippen LogP contribution in [0.15, 0.2) is 48.8 Å². The van der Waals surface area contributed by atoms with Gasteiger partial charge in [-0.25, -0.2) is 23.1 Å². The van der Waals surface area contributed by atoms with Crippen molar-refractivity contribution < 1.29 is 13.2 Å². The topological polar surface area (TPSA) is 25.8 Å². The summed E-state index contributed by atoms with van der Waals surface area (Å²) in [7, 11) is 0. The zero-order valence-electron chi connectivity index (χ0n) is 17.0. The van der Waals surface area contributed by atoms with Crippen molar-refractivity contribution in [3.63, 3.8) is 0 Å². The molecule has 2 nitrogen and oxygen atoms in total. The third-order valence-corrected chi connectivity index (χ3v) is 6.15. The van der Waals surface area contributed by atoms with Crippen molar-refractivity contribution in [2.75, 3.05) is 0 Å². The highest BCUT2D eigenvalue weighted by Gasteiger charge is 2.21. The Kier molecular flexibility index (Phi) is 6.16. The van der Waals surface area contributed by atoms with Crippen molar-refractivity contribution in [2.24, 2.45) is 5.92 Å². The first-order valence-corrected chi connectivity index (χ1v) is 10.6. The SMILES string of the molecule is CCCC1CCC(c2ccc(-c3cnc(-c4cc(F)c(F)c(F)c4)nc3)cc2)CC1. The molecular formula is C25H25F3N2.